The van der Waals surface area contributed by atoms with Crippen LogP contribution in [0.1, 0.15) is 23.1 Å². The topological polar surface area (TPSA) is 82.5 Å². The quantitative estimate of drug-likeness (QED) is 0.598. The van der Waals surface area contributed by atoms with Crippen molar-refractivity contribution >= 4 is 23.1 Å². The molecule has 0 radical (unpaired) electrons. The zero-order valence-electron chi connectivity index (χ0n) is 17.5. The van der Waals surface area contributed by atoms with E-state index in [-0.39, 0.29) is 17.9 Å². The third-order valence-electron chi connectivity index (χ3n) is 4.94. The second-order valence-corrected chi connectivity index (χ2v) is 7.50. The van der Waals surface area contributed by atoms with Gasteiger partial charge in [-0.3, -0.25) is 4.99 Å². The van der Waals surface area contributed by atoms with E-state index in [9.17, 15) is 35.5 Å². The van der Waals surface area contributed by atoms with E-state index in [0.29, 0.717) is 17.0 Å². The van der Waals surface area contributed by atoms with Gasteiger partial charge < -0.3 is 15.5 Å². The van der Waals surface area contributed by atoms with Crippen molar-refractivity contribution in [2.75, 3.05) is 18.4 Å². The molecule has 184 valence electrons. The second kappa shape index (κ2) is 9.00. The number of benzene rings is 1. The molecule has 0 saturated carbocycles. The van der Waals surface area contributed by atoms with Crippen LogP contribution < -0.4 is 10.6 Å². The van der Waals surface area contributed by atoms with Crippen molar-refractivity contribution in [3.8, 4) is 0 Å². The number of carbonyl (C=O) groups is 1. The molecule has 3 heterocycles. The van der Waals surface area contributed by atoms with Crippen molar-refractivity contribution in [2.24, 2.45) is 4.99 Å². The van der Waals surface area contributed by atoms with Gasteiger partial charge in [-0.15, -0.1) is 0 Å². The summed E-state index contributed by atoms with van der Waals surface area (Å²) in [5.74, 6) is -1.63. The van der Waals surface area contributed by atoms with Crippen LogP contribution in [0.4, 0.5) is 41.2 Å². The van der Waals surface area contributed by atoms with Crippen molar-refractivity contribution in [3.63, 3.8) is 0 Å². The summed E-state index contributed by atoms with van der Waals surface area (Å²) in [4.78, 5) is 24.5. The number of aliphatic imine (C=N–C) groups is 1. The maximum Gasteiger partial charge on any atom is 0.451 e. The van der Waals surface area contributed by atoms with Crippen LogP contribution in [-0.2, 0) is 6.18 Å². The first-order valence-electron chi connectivity index (χ1n) is 9.94. The number of hydrogen-bond donors (Lipinski definition) is 2. The molecule has 4 rings (SSSR count). The number of rotatable bonds is 4. The number of halogens is 7. The maximum atomic E-state index is 14.2. The zero-order chi connectivity index (χ0) is 25.4. The smallest absolute Gasteiger partial charge is 0.329 e. The van der Waals surface area contributed by atoms with Gasteiger partial charge in [-0.05, 0) is 42.0 Å². The SMILES string of the molecule is O=C(NCC(F)(F)F)Nc1cc(F)cc(C2CN=C3C=C(c4ccnc(C(F)(F)F)n4)C=CN32)c1. The number of nitrogens with zero attached hydrogens (tertiary/aromatic N) is 4. The highest BCUT2D eigenvalue weighted by Gasteiger charge is 2.35. The number of amides is 2. The fraction of sp³-hybridized carbons (Fsp3) is 0.238. The average Bonchev–Trinajstić information content (AvgIpc) is 3.20. The van der Waals surface area contributed by atoms with Crippen LogP contribution in [0.3, 0.4) is 0 Å². The van der Waals surface area contributed by atoms with Crippen LogP contribution in [-0.4, -0.2) is 46.0 Å². The number of fused-ring (bicyclic) bond motifs is 1. The number of allylic oxidation sites excluding steroid dienone is 2. The highest BCUT2D eigenvalue weighted by atomic mass is 19.4. The number of urea groups is 1. The molecule has 0 aliphatic carbocycles. The highest BCUT2D eigenvalue weighted by molar-refractivity contribution is 6.04. The number of hydrogen-bond acceptors (Lipinski definition) is 5. The minimum absolute atomic E-state index is 0.0384. The first-order valence-corrected chi connectivity index (χ1v) is 9.94. The molecule has 2 aliphatic rings. The maximum absolute atomic E-state index is 14.2. The Hall–Kier alpha value is -3.97. The molecule has 1 unspecified atom stereocenters. The lowest BCUT2D eigenvalue weighted by Gasteiger charge is -2.26. The summed E-state index contributed by atoms with van der Waals surface area (Å²) in [5, 5.41) is 3.78. The molecule has 1 atom stereocenters. The number of anilines is 1. The second-order valence-electron chi connectivity index (χ2n) is 7.50. The van der Waals surface area contributed by atoms with E-state index in [0.717, 1.165) is 12.3 Å². The van der Waals surface area contributed by atoms with E-state index in [4.69, 9.17) is 0 Å². The Morgan fingerprint density at radius 2 is 1.91 bits per heavy atom. The van der Waals surface area contributed by atoms with Crippen LogP contribution in [0, 0.1) is 5.82 Å². The van der Waals surface area contributed by atoms with Gasteiger partial charge in [0.1, 0.15) is 18.2 Å². The summed E-state index contributed by atoms with van der Waals surface area (Å²) >= 11 is 0. The van der Waals surface area contributed by atoms with E-state index in [1.165, 1.54) is 30.4 Å². The summed E-state index contributed by atoms with van der Waals surface area (Å²) in [5.41, 5.74) is 0.705. The molecule has 1 aromatic carbocycles. The van der Waals surface area contributed by atoms with E-state index < -0.39 is 42.6 Å². The van der Waals surface area contributed by atoms with E-state index in [2.05, 4.69) is 20.3 Å². The van der Waals surface area contributed by atoms with Crippen molar-refractivity contribution in [1.82, 2.24) is 20.2 Å². The van der Waals surface area contributed by atoms with Gasteiger partial charge in [0.25, 0.3) is 0 Å². The van der Waals surface area contributed by atoms with E-state index >= 15 is 0 Å². The molecule has 2 aromatic rings. The molecule has 0 saturated heterocycles. The van der Waals surface area contributed by atoms with Gasteiger partial charge >= 0.3 is 18.4 Å². The largest absolute Gasteiger partial charge is 0.451 e. The Morgan fingerprint density at radius 3 is 2.63 bits per heavy atom. The minimum atomic E-state index is -4.70. The molecular formula is C21H15F7N6O. The molecule has 7 nitrogen and oxygen atoms in total. The molecule has 2 amide bonds. The molecule has 0 fully saturated rings. The predicted octanol–water partition coefficient (Wildman–Crippen LogP) is 4.68. The Labute approximate surface area is 193 Å². The number of aromatic nitrogens is 2. The van der Waals surface area contributed by atoms with Gasteiger partial charge in [0.2, 0.25) is 5.82 Å². The Morgan fingerprint density at radius 1 is 1.14 bits per heavy atom. The standard InChI is InChI=1S/C21H15F7N6O/c22-13-5-12(6-14(8-13)32-19(35)31-10-20(23,24)25)16-9-30-17-7-11(2-4-34(16)17)15-1-3-29-18(33-15)21(26,27)28/h1-8,16H,9-10H2,(H2,31,32,35). The van der Waals surface area contributed by atoms with Crippen LogP contribution in [0.25, 0.3) is 5.57 Å². The number of amidine groups is 1. The lowest BCUT2D eigenvalue weighted by molar-refractivity contribution is -0.145. The van der Waals surface area contributed by atoms with Crippen LogP contribution in [0.15, 0.2) is 53.8 Å². The van der Waals surface area contributed by atoms with Crippen molar-refractivity contribution in [2.45, 2.75) is 18.4 Å². The molecule has 1 aromatic heterocycles. The summed E-state index contributed by atoms with van der Waals surface area (Å²) in [6.07, 6.45) is -3.72. The third kappa shape index (κ3) is 5.75. The van der Waals surface area contributed by atoms with Crippen molar-refractivity contribution in [3.05, 3.63) is 71.7 Å². The Kier molecular flexibility index (Phi) is 6.21. The van der Waals surface area contributed by atoms with Gasteiger partial charge in [0, 0.05) is 23.7 Å². The van der Waals surface area contributed by atoms with Crippen LogP contribution in [0.2, 0.25) is 0 Å². The molecule has 2 aliphatic heterocycles. The normalized spacial score (nSPS) is 17.6. The zero-order valence-corrected chi connectivity index (χ0v) is 17.5. The molecule has 14 heteroatoms. The fourth-order valence-electron chi connectivity index (χ4n) is 3.47. The first kappa shape index (κ1) is 24.2. The lowest BCUT2D eigenvalue weighted by Crippen LogP contribution is -2.36. The van der Waals surface area contributed by atoms with Gasteiger partial charge in [0.05, 0.1) is 18.3 Å². The van der Waals surface area contributed by atoms with Crippen LogP contribution >= 0.6 is 0 Å². The van der Waals surface area contributed by atoms with Gasteiger partial charge in [-0.1, -0.05) is 0 Å². The number of alkyl halides is 6. The third-order valence-corrected chi connectivity index (χ3v) is 4.94. The van der Waals surface area contributed by atoms with E-state index in [1.54, 1.807) is 16.4 Å². The molecule has 0 spiro atoms. The van der Waals surface area contributed by atoms with Gasteiger partial charge in [-0.2, -0.15) is 26.3 Å². The monoisotopic (exact) mass is 500 g/mol. The predicted molar refractivity (Wildman–Crippen MR) is 111 cm³/mol. The summed E-state index contributed by atoms with van der Waals surface area (Å²) in [7, 11) is 0. The molecule has 2 N–H and O–H groups in total. The Bertz CT molecular complexity index is 1240. The van der Waals surface area contributed by atoms with E-state index in [1.807, 2.05) is 0 Å². The molecule has 35 heavy (non-hydrogen) atoms. The highest BCUT2D eigenvalue weighted by Crippen LogP contribution is 2.34. The fourth-order valence-corrected chi connectivity index (χ4v) is 3.47. The van der Waals surface area contributed by atoms with Gasteiger partial charge in [-0.25, -0.2) is 19.2 Å². The van der Waals surface area contributed by atoms with Crippen molar-refractivity contribution in [1.29, 1.82) is 0 Å². The molecular weight excluding hydrogens is 485 g/mol. The van der Waals surface area contributed by atoms with Crippen LogP contribution in [0.5, 0.6) is 0 Å². The summed E-state index contributed by atoms with van der Waals surface area (Å²) in [6.45, 7) is -1.39. The Balaban J connectivity index is 1.50. The number of nitrogens with one attached hydrogen (secondary N) is 2. The lowest BCUT2D eigenvalue weighted by atomic mass is 10.0. The minimum Gasteiger partial charge on any atom is -0.329 e. The molecule has 0 bridgehead atoms. The first-order chi connectivity index (χ1) is 16.4. The van der Waals surface area contributed by atoms with Gasteiger partial charge in [0.15, 0.2) is 0 Å². The van der Waals surface area contributed by atoms with Crippen molar-refractivity contribution < 1.29 is 35.5 Å². The average molecular weight is 500 g/mol. The number of carbonyl (C=O) groups excluding carboxylic acids is 1. The summed E-state index contributed by atoms with van der Waals surface area (Å²) < 4.78 is 89.8. The summed E-state index contributed by atoms with van der Waals surface area (Å²) in [6, 6.07) is 3.18.